The number of benzene rings is 1. The summed E-state index contributed by atoms with van der Waals surface area (Å²) in [6, 6.07) is 6.62. The lowest BCUT2D eigenvalue weighted by Gasteiger charge is -2.31. The van der Waals surface area contributed by atoms with Crippen molar-refractivity contribution in [2.45, 2.75) is 32.1 Å². The van der Waals surface area contributed by atoms with Gasteiger partial charge in [-0.1, -0.05) is 32.4 Å². The van der Waals surface area contributed by atoms with Crippen LogP contribution in [0.2, 0.25) is 0 Å². The van der Waals surface area contributed by atoms with Gasteiger partial charge in [-0.2, -0.15) is 0 Å². The zero-order valence-corrected chi connectivity index (χ0v) is 11.9. The zero-order valence-electron chi connectivity index (χ0n) is 10.3. The number of hydrogen-bond acceptors (Lipinski definition) is 0. The summed E-state index contributed by atoms with van der Waals surface area (Å²) in [5.74, 6) is 1.21. The molecule has 17 heavy (non-hydrogen) atoms. The highest BCUT2D eigenvalue weighted by molar-refractivity contribution is 6.22. The summed E-state index contributed by atoms with van der Waals surface area (Å²) in [5.41, 5.74) is 0.596. The third-order valence-corrected chi connectivity index (χ3v) is 4.17. The summed E-state index contributed by atoms with van der Waals surface area (Å²) < 4.78 is 13.3. The van der Waals surface area contributed by atoms with Crippen LogP contribution in [0.5, 0.6) is 0 Å². The summed E-state index contributed by atoms with van der Waals surface area (Å²) in [7, 11) is 0. The Balaban J connectivity index is 2.97. The lowest BCUT2D eigenvalue weighted by atomic mass is 9.78. The van der Waals surface area contributed by atoms with Crippen molar-refractivity contribution in [2.24, 2.45) is 5.92 Å². The minimum Gasteiger partial charge on any atom is -0.207 e. The Kier molecular flexibility index (Phi) is 5.75. The standard InChI is InChI=1S/C14H19Cl2F/c1-11(2)6-7-14(9-15,10-16)12-4-3-5-13(17)8-12/h3-5,8,11H,6-7,9-10H2,1-2H3. The molecule has 0 saturated carbocycles. The molecule has 0 aromatic heterocycles. The van der Waals surface area contributed by atoms with Crippen molar-refractivity contribution in [2.75, 3.05) is 11.8 Å². The average molecular weight is 277 g/mol. The fourth-order valence-corrected chi connectivity index (χ4v) is 2.71. The molecule has 0 amide bonds. The van der Waals surface area contributed by atoms with Gasteiger partial charge in [0.25, 0.3) is 0 Å². The summed E-state index contributed by atoms with van der Waals surface area (Å²) in [6.45, 7) is 4.33. The Labute approximate surface area is 113 Å². The highest BCUT2D eigenvalue weighted by Gasteiger charge is 2.30. The van der Waals surface area contributed by atoms with Gasteiger partial charge in [0, 0.05) is 17.2 Å². The molecule has 0 saturated heterocycles. The predicted octanol–water partition coefficient (Wildman–Crippen LogP) is 4.98. The second kappa shape index (κ2) is 6.61. The zero-order chi connectivity index (χ0) is 12.9. The maximum absolute atomic E-state index is 13.3. The van der Waals surface area contributed by atoms with Crippen molar-refractivity contribution in [3.63, 3.8) is 0 Å². The molecular weight excluding hydrogens is 258 g/mol. The van der Waals surface area contributed by atoms with E-state index in [2.05, 4.69) is 13.8 Å². The maximum Gasteiger partial charge on any atom is 0.123 e. The van der Waals surface area contributed by atoms with E-state index in [0.29, 0.717) is 17.7 Å². The van der Waals surface area contributed by atoms with Gasteiger partial charge in [0.05, 0.1) is 0 Å². The maximum atomic E-state index is 13.3. The number of rotatable bonds is 6. The van der Waals surface area contributed by atoms with Crippen molar-refractivity contribution in [3.8, 4) is 0 Å². The van der Waals surface area contributed by atoms with Crippen LogP contribution >= 0.6 is 23.2 Å². The Hall–Kier alpha value is -0.270. The number of halogens is 3. The van der Waals surface area contributed by atoms with Gasteiger partial charge in [0.15, 0.2) is 0 Å². The monoisotopic (exact) mass is 276 g/mol. The lowest BCUT2D eigenvalue weighted by Crippen LogP contribution is -2.31. The molecule has 1 aromatic rings. The van der Waals surface area contributed by atoms with Gasteiger partial charge < -0.3 is 0 Å². The molecule has 1 rings (SSSR count). The fraction of sp³-hybridized carbons (Fsp3) is 0.571. The topological polar surface area (TPSA) is 0 Å². The molecule has 0 aliphatic heterocycles. The van der Waals surface area contributed by atoms with Gasteiger partial charge in [-0.25, -0.2) is 4.39 Å². The molecule has 0 radical (unpaired) electrons. The fourth-order valence-electron chi connectivity index (χ4n) is 1.85. The van der Waals surface area contributed by atoms with Crippen LogP contribution in [-0.4, -0.2) is 11.8 Å². The van der Waals surface area contributed by atoms with E-state index in [4.69, 9.17) is 23.2 Å². The van der Waals surface area contributed by atoms with Gasteiger partial charge in [0.2, 0.25) is 0 Å². The van der Waals surface area contributed by atoms with Gasteiger partial charge in [-0.05, 0) is 30.0 Å². The summed E-state index contributed by atoms with van der Waals surface area (Å²) in [6.07, 6.45) is 1.93. The Bertz CT molecular complexity index is 346. The molecule has 0 aliphatic rings. The number of hydrogen-bond donors (Lipinski definition) is 0. The Morgan fingerprint density at radius 1 is 1.24 bits per heavy atom. The third-order valence-electron chi connectivity index (χ3n) is 3.15. The van der Waals surface area contributed by atoms with Gasteiger partial charge in [-0.3, -0.25) is 0 Å². The van der Waals surface area contributed by atoms with E-state index < -0.39 is 0 Å². The first-order chi connectivity index (χ1) is 8.04. The van der Waals surface area contributed by atoms with Crippen molar-refractivity contribution in [3.05, 3.63) is 35.6 Å². The number of alkyl halides is 2. The van der Waals surface area contributed by atoms with E-state index in [1.54, 1.807) is 12.1 Å². The van der Waals surface area contributed by atoms with E-state index in [9.17, 15) is 4.39 Å². The van der Waals surface area contributed by atoms with E-state index >= 15 is 0 Å². The van der Waals surface area contributed by atoms with Crippen LogP contribution in [0, 0.1) is 11.7 Å². The van der Waals surface area contributed by atoms with Crippen LogP contribution in [0.15, 0.2) is 24.3 Å². The second-order valence-corrected chi connectivity index (χ2v) is 5.52. The molecule has 0 atom stereocenters. The van der Waals surface area contributed by atoms with Crippen LogP contribution in [0.4, 0.5) is 4.39 Å². The molecule has 96 valence electrons. The largest absolute Gasteiger partial charge is 0.207 e. The van der Waals surface area contributed by atoms with E-state index in [-0.39, 0.29) is 11.2 Å². The lowest BCUT2D eigenvalue weighted by molar-refractivity contribution is 0.421. The third kappa shape index (κ3) is 3.86. The first-order valence-corrected chi connectivity index (χ1v) is 6.99. The molecule has 0 heterocycles. The van der Waals surface area contributed by atoms with Gasteiger partial charge >= 0.3 is 0 Å². The second-order valence-electron chi connectivity index (χ2n) is 4.99. The van der Waals surface area contributed by atoms with E-state index in [1.165, 1.54) is 6.07 Å². The molecule has 0 nitrogen and oxygen atoms in total. The Morgan fingerprint density at radius 3 is 2.35 bits per heavy atom. The van der Waals surface area contributed by atoms with Crippen molar-refractivity contribution >= 4 is 23.2 Å². The molecule has 0 unspecified atom stereocenters. The first kappa shape index (κ1) is 14.8. The molecule has 3 heteroatoms. The molecular formula is C14H19Cl2F. The van der Waals surface area contributed by atoms with Crippen molar-refractivity contribution < 1.29 is 4.39 Å². The van der Waals surface area contributed by atoms with E-state index in [0.717, 1.165) is 18.4 Å². The highest BCUT2D eigenvalue weighted by Crippen LogP contribution is 2.34. The quantitative estimate of drug-likeness (QED) is 0.643. The molecule has 0 aliphatic carbocycles. The highest BCUT2D eigenvalue weighted by atomic mass is 35.5. The Morgan fingerprint density at radius 2 is 1.88 bits per heavy atom. The van der Waals surface area contributed by atoms with Gasteiger partial charge in [0.1, 0.15) is 5.82 Å². The van der Waals surface area contributed by atoms with Gasteiger partial charge in [-0.15, -0.1) is 23.2 Å². The summed E-state index contributed by atoms with van der Waals surface area (Å²) in [5, 5.41) is 0. The van der Waals surface area contributed by atoms with E-state index in [1.807, 2.05) is 6.07 Å². The molecule has 0 fully saturated rings. The summed E-state index contributed by atoms with van der Waals surface area (Å²) >= 11 is 12.2. The van der Waals surface area contributed by atoms with Crippen LogP contribution in [0.3, 0.4) is 0 Å². The van der Waals surface area contributed by atoms with Crippen LogP contribution in [0.25, 0.3) is 0 Å². The predicted molar refractivity (Wildman–Crippen MR) is 73.6 cm³/mol. The normalized spacial score (nSPS) is 12.1. The van der Waals surface area contributed by atoms with Crippen molar-refractivity contribution in [1.29, 1.82) is 0 Å². The smallest absolute Gasteiger partial charge is 0.123 e. The average Bonchev–Trinajstić information content (AvgIpc) is 2.31. The van der Waals surface area contributed by atoms with Crippen LogP contribution in [0.1, 0.15) is 32.3 Å². The van der Waals surface area contributed by atoms with Crippen molar-refractivity contribution in [1.82, 2.24) is 0 Å². The summed E-state index contributed by atoms with van der Waals surface area (Å²) in [4.78, 5) is 0. The SMILES string of the molecule is CC(C)CCC(CCl)(CCl)c1cccc(F)c1. The molecule has 1 aromatic carbocycles. The molecule has 0 spiro atoms. The molecule has 0 N–H and O–H groups in total. The van der Waals surface area contributed by atoms with Crippen LogP contribution < -0.4 is 0 Å². The molecule has 0 bridgehead atoms. The van der Waals surface area contributed by atoms with Crippen LogP contribution in [-0.2, 0) is 5.41 Å². The minimum atomic E-state index is -0.310. The minimum absolute atomic E-state index is 0.230. The first-order valence-electron chi connectivity index (χ1n) is 5.92.